The molecule has 1 aromatic rings. The van der Waals surface area contributed by atoms with Gasteiger partial charge in [-0.2, -0.15) is 0 Å². The fourth-order valence-electron chi connectivity index (χ4n) is 0.944. The fourth-order valence-corrected chi connectivity index (χ4v) is 1.66. The zero-order valence-electron chi connectivity index (χ0n) is 8.93. The Bertz CT molecular complexity index is 384. The molecule has 1 aromatic heterocycles. The number of carboxylic acids is 1. The Kier molecular flexibility index (Phi) is 4.42. The number of hydrogen-bond acceptors (Lipinski definition) is 5. The topological polar surface area (TPSA) is 76.7 Å². The van der Waals surface area contributed by atoms with Crippen LogP contribution in [0.3, 0.4) is 0 Å². The fraction of sp³-hybridized carbons (Fsp3) is 0.400. The predicted octanol–water partition coefficient (Wildman–Crippen LogP) is 1.77. The molecule has 0 fully saturated rings. The van der Waals surface area contributed by atoms with Gasteiger partial charge in [-0.1, -0.05) is 0 Å². The lowest BCUT2D eigenvalue weighted by Gasteiger charge is -2.03. The first-order chi connectivity index (χ1) is 7.54. The number of ether oxygens (including phenoxy) is 1. The second-order valence-electron chi connectivity index (χ2n) is 3.05. The molecule has 0 aliphatic heterocycles. The number of furan rings is 1. The van der Waals surface area contributed by atoms with Crippen LogP contribution in [0.4, 0.5) is 0 Å². The van der Waals surface area contributed by atoms with E-state index in [2.05, 4.69) is 4.74 Å². The third-order valence-electron chi connectivity index (χ3n) is 1.87. The number of methoxy groups -OCH3 is 1. The molecule has 1 heterocycles. The summed E-state index contributed by atoms with van der Waals surface area (Å²) in [5.74, 6) is -0.323. The summed E-state index contributed by atoms with van der Waals surface area (Å²) in [6, 6.07) is 3.14. The third-order valence-corrected chi connectivity index (χ3v) is 3.02. The summed E-state index contributed by atoms with van der Waals surface area (Å²) in [5.41, 5.74) is 0. The molecule has 0 aliphatic carbocycles. The summed E-state index contributed by atoms with van der Waals surface area (Å²) in [4.78, 5) is 21.6. The molecular formula is C10H12O5S. The number of aliphatic carboxylic acids is 1. The van der Waals surface area contributed by atoms with Crippen LogP contribution < -0.4 is 0 Å². The molecule has 0 spiro atoms. The van der Waals surface area contributed by atoms with Gasteiger partial charge >= 0.3 is 11.9 Å². The monoisotopic (exact) mass is 244 g/mol. The Morgan fingerprint density at radius 3 is 2.81 bits per heavy atom. The smallest absolute Gasteiger partial charge is 0.373 e. The third kappa shape index (κ3) is 3.30. The van der Waals surface area contributed by atoms with Crippen molar-refractivity contribution in [1.29, 1.82) is 0 Å². The Labute approximate surface area is 96.8 Å². The van der Waals surface area contributed by atoms with E-state index in [9.17, 15) is 9.59 Å². The highest BCUT2D eigenvalue weighted by Crippen LogP contribution is 2.19. The summed E-state index contributed by atoms with van der Waals surface area (Å²) in [6.45, 7) is 1.59. The summed E-state index contributed by atoms with van der Waals surface area (Å²) in [6.07, 6.45) is 0. The number of esters is 1. The molecule has 1 unspecified atom stereocenters. The van der Waals surface area contributed by atoms with Crippen LogP contribution in [-0.2, 0) is 15.3 Å². The van der Waals surface area contributed by atoms with E-state index in [1.54, 1.807) is 13.0 Å². The van der Waals surface area contributed by atoms with Gasteiger partial charge in [0.05, 0.1) is 18.1 Å². The van der Waals surface area contributed by atoms with Gasteiger partial charge in [0.25, 0.3) is 0 Å². The number of thioether (sulfide) groups is 1. The first-order valence-corrected chi connectivity index (χ1v) is 5.61. The minimum atomic E-state index is -0.871. The molecule has 0 radical (unpaired) electrons. The van der Waals surface area contributed by atoms with Crippen LogP contribution in [0, 0.1) is 0 Å². The lowest BCUT2D eigenvalue weighted by molar-refractivity contribution is -0.136. The van der Waals surface area contributed by atoms with E-state index in [0.29, 0.717) is 11.5 Å². The molecule has 0 aliphatic rings. The molecule has 6 heteroatoms. The molecular weight excluding hydrogens is 232 g/mol. The average molecular weight is 244 g/mol. The molecule has 0 bridgehead atoms. The largest absolute Gasteiger partial charge is 0.480 e. The molecule has 5 nitrogen and oxygen atoms in total. The molecule has 0 saturated carbocycles. The van der Waals surface area contributed by atoms with E-state index >= 15 is 0 Å². The highest BCUT2D eigenvalue weighted by atomic mass is 32.2. The van der Waals surface area contributed by atoms with Gasteiger partial charge in [0.2, 0.25) is 5.76 Å². The molecule has 0 aromatic carbocycles. The second kappa shape index (κ2) is 5.60. The van der Waals surface area contributed by atoms with Crippen molar-refractivity contribution < 1.29 is 23.8 Å². The van der Waals surface area contributed by atoms with Crippen molar-refractivity contribution in [3.63, 3.8) is 0 Å². The van der Waals surface area contributed by atoms with Gasteiger partial charge in [0.15, 0.2) is 0 Å². The number of carboxylic acid groups (broad SMARTS) is 1. The number of rotatable bonds is 5. The SMILES string of the molecule is COC(=O)c1ccc(CSC(C)C(=O)O)o1. The van der Waals surface area contributed by atoms with Gasteiger partial charge in [0, 0.05) is 0 Å². The van der Waals surface area contributed by atoms with Crippen LogP contribution in [0.5, 0.6) is 0 Å². The summed E-state index contributed by atoms with van der Waals surface area (Å²) < 4.78 is 9.66. The van der Waals surface area contributed by atoms with Gasteiger partial charge in [0.1, 0.15) is 5.76 Å². The highest BCUT2D eigenvalue weighted by Gasteiger charge is 2.14. The zero-order valence-corrected chi connectivity index (χ0v) is 9.74. The van der Waals surface area contributed by atoms with Gasteiger partial charge in [-0.3, -0.25) is 4.79 Å². The standard InChI is InChI=1S/C10H12O5S/c1-6(9(11)12)16-5-7-3-4-8(15-7)10(13)14-2/h3-4,6H,5H2,1-2H3,(H,11,12). The van der Waals surface area contributed by atoms with E-state index in [1.807, 2.05) is 0 Å². The summed E-state index contributed by atoms with van der Waals surface area (Å²) >= 11 is 1.22. The normalized spacial score (nSPS) is 12.1. The Balaban J connectivity index is 2.53. The summed E-state index contributed by atoms with van der Waals surface area (Å²) in [7, 11) is 1.27. The van der Waals surface area contributed by atoms with Crippen molar-refractivity contribution in [2.75, 3.05) is 7.11 Å². The molecule has 0 saturated heterocycles. The van der Waals surface area contributed by atoms with E-state index in [0.717, 1.165) is 0 Å². The number of carbonyl (C=O) groups excluding carboxylic acids is 1. The Hall–Kier alpha value is -1.43. The van der Waals surface area contributed by atoms with Crippen molar-refractivity contribution in [2.45, 2.75) is 17.9 Å². The van der Waals surface area contributed by atoms with Crippen LogP contribution >= 0.6 is 11.8 Å². The van der Waals surface area contributed by atoms with Crippen molar-refractivity contribution in [3.05, 3.63) is 23.7 Å². The Morgan fingerprint density at radius 2 is 2.25 bits per heavy atom. The van der Waals surface area contributed by atoms with Crippen molar-refractivity contribution >= 4 is 23.7 Å². The van der Waals surface area contributed by atoms with Crippen LogP contribution in [-0.4, -0.2) is 29.4 Å². The van der Waals surface area contributed by atoms with Crippen LogP contribution in [0.25, 0.3) is 0 Å². The lowest BCUT2D eigenvalue weighted by Crippen LogP contribution is -2.11. The van der Waals surface area contributed by atoms with E-state index < -0.39 is 17.2 Å². The van der Waals surface area contributed by atoms with E-state index in [4.69, 9.17) is 9.52 Å². The Morgan fingerprint density at radius 1 is 1.56 bits per heavy atom. The van der Waals surface area contributed by atoms with Crippen molar-refractivity contribution in [1.82, 2.24) is 0 Å². The first kappa shape index (κ1) is 12.6. The molecule has 16 heavy (non-hydrogen) atoms. The molecule has 1 atom stereocenters. The molecule has 1 rings (SSSR count). The number of hydrogen-bond donors (Lipinski definition) is 1. The van der Waals surface area contributed by atoms with E-state index in [1.165, 1.54) is 24.9 Å². The lowest BCUT2D eigenvalue weighted by atomic mass is 10.4. The van der Waals surface area contributed by atoms with Crippen LogP contribution in [0.2, 0.25) is 0 Å². The molecule has 1 N–H and O–H groups in total. The highest BCUT2D eigenvalue weighted by molar-refractivity contribution is 7.99. The minimum absolute atomic E-state index is 0.126. The van der Waals surface area contributed by atoms with Crippen LogP contribution in [0.1, 0.15) is 23.2 Å². The first-order valence-electron chi connectivity index (χ1n) is 4.56. The maximum absolute atomic E-state index is 11.1. The van der Waals surface area contributed by atoms with Crippen molar-refractivity contribution in [2.24, 2.45) is 0 Å². The maximum atomic E-state index is 11.1. The second-order valence-corrected chi connectivity index (χ2v) is 4.38. The average Bonchev–Trinajstić information content (AvgIpc) is 2.73. The summed E-state index contributed by atoms with van der Waals surface area (Å²) in [5, 5.41) is 8.16. The number of carbonyl (C=O) groups is 2. The van der Waals surface area contributed by atoms with Gasteiger partial charge < -0.3 is 14.3 Å². The van der Waals surface area contributed by atoms with Gasteiger partial charge in [-0.25, -0.2) is 4.79 Å². The minimum Gasteiger partial charge on any atom is -0.480 e. The van der Waals surface area contributed by atoms with Gasteiger partial charge in [-0.15, -0.1) is 11.8 Å². The predicted molar refractivity (Wildman–Crippen MR) is 58.4 cm³/mol. The van der Waals surface area contributed by atoms with Crippen LogP contribution in [0.15, 0.2) is 16.5 Å². The van der Waals surface area contributed by atoms with E-state index in [-0.39, 0.29) is 5.76 Å². The quantitative estimate of drug-likeness (QED) is 0.795. The maximum Gasteiger partial charge on any atom is 0.373 e. The zero-order chi connectivity index (χ0) is 12.1. The van der Waals surface area contributed by atoms with Gasteiger partial charge in [-0.05, 0) is 19.1 Å². The molecule has 0 amide bonds. The molecule has 88 valence electrons. The van der Waals surface area contributed by atoms with Crippen molar-refractivity contribution in [3.8, 4) is 0 Å².